The summed E-state index contributed by atoms with van der Waals surface area (Å²) in [6.45, 7) is 2.15. The first-order valence-corrected chi connectivity index (χ1v) is 7.32. The van der Waals surface area contributed by atoms with Gasteiger partial charge in [-0.1, -0.05) is 37.1 Å². The summed E-state index contributed by atoms with van der Waals surface area (Å²) in [4.78, 5) is 16.4. The minimum absolute atomic E-state index is 0.394. The molecule has 1 aromatic carbocycles. The number of rotatable bonds is 2. The number of pyridine rings is 1. The lowest BCUT2D eigenvalue weighted by Gasteiger charge is -2.25. The number of carboxylic acid groups (broad SMARTS) is 1. The molecule has 0 fully saturated rings. The highest BCUT2D eigenvalue weighted by atomic mass is 35.5. The number of nitrogens with zero attached hydrogens (tertiary/aromatic N) is 1. The number of aryl methyl sites for hydroxylation is 1. The molecule has 1 aliphatic carbocycles. The number of aromatic carboxylic acids is 1. The van der Waals surface area contributed by atoms with E-state index >= 15 is 0 Å². The van der Waals surface area contributed by atoms with E-state index in [1.165, 1.54) is 0 Å². The van der Waals surface area contributed by atoms with Crippen molar-refractivity contribution in [3.63, 3.8) is 0 Å². The predicted octanol–water partition coefficient (Wildman–Crippen LogP) is 4.10. The number of para-hydroxylation sites is 1. The SMILES string of the molecule is CCC1CCc2nc3c(Cl)cccc3c(C(=O)O)c2C1. The second-order valence-corrected chi connectivity index (χ2v) is 5.78. The van der Waals surface area contributed by atoms with Gasteiger partial charge >= 0.3 is 5.97 Å². The topological polar surface area (TPSA) is 50.2 Å². The molecule has 104 valence electrons. The summed E-state index contributed by atoms with van der Waals surface area (Å²) in [6, 6.07) is 5.34. The molecule has 0 amide bonds. The predicted molar refractivity (Wildman–Crippen MR) is 79.5 cm³/mol. The molecule has 2 aromatic rings. The average Bonchev–Trinajstić information content (AvgIpc) is 2.44. The molecular weight excluding hydrogens is 274 g/mol. The lowest BCUT2D eigenvalue weighted by Crippen LogP contribution is -2.19. The van der Waals surface area contributed by atoms with Gasteiger partial charge in [-0.25, -0.2) is 4.79 Å². The molecule has 20 heavy (non-hydrogen) atoms. The van der Waals surface area contributed by atoms with Crippen LogP contribution >= 0.6 is 11.6 Å². The fourth-order valence-electron chi connectivity index (χ4n) is 3.09. The van der Waals surface area contributed by atoms with Gasteiger partial charge in [-0.15, -0.1) is 0 Å². The lowest BCUT2D eigenvalue weighted by molar-refractivity contribution is 0.0697. The molecule has 1 aliphatic rings. The summed E-state index contributed by atoms with van der Waals surface area (Å²) in [5, 5.41) is 10.8. The van der Waals surface area contributed by atoms with Gasteiger partial charge in [0.15, 0.2) is 0 Å². The fraction of sp³-hybridized carbons (Fsp3) is 0.375. The van der Waals surface area contributed by atoms with E-state index in [9.17, 15) is 9.90 Å². The standard InChI is InChI=1S/C16H16ClNO2/c1-2-9-6-7-13-11(8-9)14(16(19)20)10-4-3-5-12(17)15(10)18-13/h3-5,9H,2,6-8H2,1H3,(H,19,20). The first-order chi connectivity index (χ1) is 9.61. The molecule has 0 saturated carbocycles. The molecule has 0 spiro atoms. The van der Waals surface area contributed by atoms with Crippen molar-refractivity contribution in [2.45, 2.75) is 32.6 Å². The van der Waals surface area contributed by atoms with Gasteiger partial charge in [-0.05, 0) is 36.8 Å². The van der Waals surface area contributed by atoms with Crippen LogP contribution in [-0.4, -0.2) is 16.1 Å². The van der Waals surface area contributed by atoms with E-state index in [2.05, 4.69) is 11.9 Å². The maximum Gasteiger partial charge on any atom is 0.336 e. The summed E-state index contributed by atoms with van der Waals surface area (Å²) in [5.41, 5.74) is 2.82. The Kier molecular flexibility index (Phi) is 3.38. The van der Waals surface area contributed by atoms with E-state index in [1.54, 1.807) is 18.2 Å². The molecule has 4 heteroatoms. The van der Waals surface area contributed by atoms with Crippen molar-refractivity contribution in [2.24, 2.45) is 5.92 Å². The second kappa shape index (κ2) is 5.06. The summed E-state index contributed by atoms with van der Waals surface area (Å²) < 4.78 is 0. The van der Waals surface area contributed by atoms with E-state index in [0.717, 1.165) is 36.9 Å². The number of benzene rings is 1. The Bertz CT molecular complexity index is 696. The zero-order chi connectivity index (χ0) is 14.3. The van der Waals surface area contributed by atoms with Gasteiger partial charge < -0.3 is 5.11 Å². The van der Waals surface area contributed by atoms with Crippen LogP contribution in [0.3, 0.4) is 0 Å². The van der Waals surface area contributed by atoms with Crippen LogP contribution in [-0.2, 0) is 12.8 Å². The normalized spacial score (nSPS) is 18.0. The maximum atomic E-state index is 11.7. The second-order valence-electron chi connectivity index (χ2n) is 5.37. The fourth-order valence-corrected chi connectivity index (χ4v) is 3.31. The Balaban J connectivity index is 2.32. The third-order valence-corrected chi connectivity index (χ3v) is 4.53. The summed E-state index contributed by atoms with van der Waals surface area (Å²) in [6.07, 6.45) is 3.80. The molecule has 0 radical (unpaired) electrons. The molecule has 1 N–H and O–H groups in total. The zero-order valence-electron chi connectivity index (χ0n) is 11.3. The summed E-state index contributed by atoms with van der Waals surface area (Å²) >= 11 is 6.18. The minimum atomic E-state index is -0.882. The highest BCUT2D eigenvalue weighted by molar-refractivity contribution is 6.35. The van der Waals surface area contributed by atoms with Crippen LogP contribution in [0.4, 0.5) is 0 Å². The van der Waals surface area contributed by atoms with Gasteiger partial charge in [0.1, 0.15) is 0 Å². The molecule has 0 saturated heterocycles. The molecule has 1 heterocycles. The van der Waals surface area contributed by atoms with Crippen LogP contribution in [0.25, 0.3) is 10.9 Å². The number of hydrogen-bond acceptors (Lipinski definition) is 2. The molecule has 3 rings (SSSR count). The lowest BCUT2D eigenvalue weighted by atomic mass is 9.82. The van der Waals surface area contributed by atoms with E-state index < -0.39 is 5.97 Å². The van der Waals surface area contributed by atoms with Crippen LogP contribution < -0.4 is 0 Å². The van der Waals surface area contributed by atoms with E-state index in [-0.39, 0.29) is 0 Å². The maximum absolute atomic E-state index is 11.7. The Labute approximate surface area is 122 Å². The van der Waals surface area contributed by atoms with Gasteiger partial charge in [0, 0.05) is 11.1 Å². The largest absolute Gasteiger partial charge is 0.478 e. The summed E-state index contributed by atoms with van der Waals surface area (Å²) in [7, 11) is 0. The van der Waals surface area contributed by atoms with Crippen LogP contribution in [0.2, 0.25) is 5.02 Å². The zero-order valence-corrected chi connectivity index (χ0v) is 12.1. The number of fused-ring (bicyclic) bond motifs is 2. The van der Waals surface area contributed by atoms with Gasteiger partial charge in [-0.2, -0.15) is 0 Å². The average molecular weight is 290 g/mol. The molecular formula is C16H16ClNO2. The molecule has 1 unspecified atom stereocenters. The van der Waals surface area contributed by atoms with Crippen LogP contribution in [0.1, 0.15) is 41.4 Å². The summed E-state index contributed by atoms with van der Waals surface area (Å²) in [5.74, 6) is -0.327. The highest BCUT2D eigenvalue weighted by Gasteiger charge is 2.26. The molecule has 0 bridgehead atoms. The van der Waals surface area contributed by atoms with Crippen molar-refractivity contribution in [2.75, 3.05) is 0 Å². The monoisotopic (exact) mass is 289 g/mol. The van der Waals surface area contributed by atoms with Crippen LogP contribution in [0.15, 0.2) is 18.2 Å². The van der Waals surface area contributed by atoms with E-state index in [4.69, 9.17) is 11.6 Å². The van der Waals surface area contributed by atoms with Crippen LogP contribution in [0.5, 0.6) is 0 Å². The molecule has 1 aromatic heterocycles. The van der Waals surface area contributed by atoms with E-state index in [0.29, 0.717) is 27.4 Å². The van der Waals surface area contributed by atoms with Crippen molar-refractivity contribution in [1.82, 2.24) is 4.98 Å². The van der Waals surface area contributed by atoms with Gasteiger partial charge in [0.2, 0.25) is 0 Å². The van der Waals surface area contributed by atoms with Crippen molar-refractivity contribution in [1.29, 1.82) is 0 Å². The van der Waals surface area contributed by atoms with Crippen molar-refractivity contribution < 1.29 is 9.90 Å². The van der Waals surface area contributed by atoms with E-state index in [1.807, 2.05) is 0 Å². The Morgan fingerprint density at radius 1 is 1.50 bits per heavy atom. The molecule has 1 atom stereocenters. The first-order valence-electron chi connectivity index (χ1n) is 6.95. The number of halogens is 1. The third-order valence-electron chi connectivity index (χ3n) is 4.23. The van der Waals surface area contributed by atoms with Gasteiger partial charge in [0.05, 0.1) is 16.1 Å². The number of hydrogen-bond donors (Lipinski definition) is 1. The van der Waals surface area contributed by atoms with Crippen LogP contribution in [0, 0.1) is 5.92 Å². The smallest absolute Gasteiger partial charge is 0.336 e. The molecule has 0 aliphatic heterocycles. The Morgan fingerprint density at radius 3 is 3.00 bits per heavy atom. The number of carboxylic acids is 1. The third kappa shape index (κ3) is 2.06. The van der Waals surface area contributed by atoms with Gasteiger partial charge in [-0.3, -0.25) is 4.98 Å². The van der Waals surface area contributed by atoms with Crippen molar-refractivity contribution in [3.8, 4) is 0 Å². The Morgan fingerprint density at radius 2 is 2.30 bits per heavy atom. The van der Waals surface area contributed by atoms with Crippen molar-refractivity contribution in [3.05, 3.63) is 40.0 Å². The minimum Gasteiger partial charge on any atom is -0.478 e. The Hall–Kier alpha value is -1.61. The quantitative estimate of drug-likeness (QED) is 0.905. The number of aromatic nitrogens is 1. The van der Waals surface area contributed by atoms with Crippen molar-refractivity contribution >= 4 is 28.5 Å². The molecule has 3 nitrogen and oxygen atoms in total. The van der Waals surface area contributed by atoms with Gasteiger partial charge in [0.25, 0.3) is 0 Å². The first kappa shape index (κ1) is 13.4. The number of carbonyl (C=O) groups is 1. The highest BCUT2D eigenvalue weighted by Crippen LogP contribution is 2.34.